The number of methoxy groups -OCH3 is 1. The second-order valence-electron chi connectivity index (χ2n) is 9.85. The number of carbonyl (C=O) groups excluding carboxylic acids is 6. The maximum absolute atomic E-state index is 13.4. The van der Waals surface area contributed by atoms with Gasteiger partial charge < -0.3 is 33.7 Å². The van der Waals surface area contributed by atoms with Crippen LogP contribution in [0.3, 0.4) is 0 Å². The molecule has 234 valence electrons. The molecule has 1 rings (SSSR count). The Kier molecular flexibility index (Phi) is 15.1. The fourth-order valence-electron chi connectivity index (χ4n) is 4.59. The Labute approximate surface area is 245 Å². The molecule has 1 heterocycles. The third-order valence-electron chi connectivity index (χ3n) is 6.10. The smallest absolute Gasteiger partial charge is 0.349 e. The number of hydrogen-bond donors (Lipinski definition) is 1. The summed E-state index contributed by atoms with van der Waals surface area (Å²) in [6, 6.07) is -1.18. The first-order chi connectivity index (χ1) is 19.1. The van der Waals surface area contributed by atoms with Gasteiger partial charge in [0.1, 0.15) is 18.8 Å². The van der Waals surface area contributed by atoms with Gasteiger partial charge in [-0.2, -0.15) is 0 Å². The van der Waals surface area contributed by atoms with Crippen LogP contribution >= 0.6 is 11.8 Å². The molecule has 1 N–H and O–H groups in total. The number of carbonyl (C=O) groups is 6. The minimum absolute atomic E-state index is 0.130. The fraction of sp³-hybridized carbons (Fsp3) is 0.778. The van der Waals surface area contributed by atoms with Crippen LogP contribution in [0.4, 0.5) is 0 Å². The van der Waals surface area contributed by atoms with Crippen LogP contribution < -0.4 is 5.32 Å². The van der Waals surface area contributed by atoms with Gasteiger partial charge in [0.2, 0.25) is 10.8 Å². The van der Waals surface area contributed by atoms with Crippen LogP contribution in [0.15, 0.2) is 0 Å². The lowest BCUT2D eigenvalue weighted by molar-refractivity contribution is -0.224. The van der Waals surface area contributed by atoms with E-state index in [1.54, 1.807) is 0 Å². The summed E-state index contributed by atoms with van der Waals surface area (Å²) in [5, 5.41) is 2.53. The maximum Gasteiger partial charge on any atom is 0.349 e. The van der Waals surface area contributed by atoms with E-state index in [4.69, 9.17) is 28.4 Å². The molecule has 0 aromatic carbocycles. The summed E-state index contributed by atoms with van der Waals surface area (Å²) in [5.74, 6) is -4.35. The molecular formula is C27H43NO12S. The van der Waals surface area contributed by atoms with Crippen molar-refractivity contribution in [1.29, 1.82) is 0 Å². The molecule has 0 saturated carbocycles. The molecule has 0 bridgehead atoms. The van der Waals surface area contributed by atoms with Crippen molar-refractivity contribution < 1.29 is 57.2 Å². The minimum Gasteiger partial charge on any atom is -0.466 e. The molecule has 1 fully saturated rings. The number of ether oxygens (including phenoxy) is 6. The molecule has 1 aliphatic rings. The van der Waals surface area contributed by atoms with Gasteiger partial charge in [-0.15, -0.1) is 11.8 Å². The molecule has 1 aliphatic heterocycles. The molecular weight excluding hydrogens is 562 g/mol. The average molecular weight is 606 g/mol. The maximum atomic E-state index is 13.4. The lowest BCUT2D eigenvalue weighted by Crippen LogP contribution is -2.68. The van der Waals surface area contributed by atoms with Crippen molar-refractivity contribution in [2.24, 2.45) is 0 Å². The standard InChI is InChI=1S/C27H43NO12S/c1-9-10-11-12-15(2)41-27(26(34)35-8)13-21(37-18(5)31)23(28-16(3)29)25(40-27)24(39-20(7)33)22(38-19(6)32)14-36-17(4)30/h15,21-25H,9-14H2,1-8H3,(H,28,29)/t15?,21-,22+,23+,24+,25+,27-/m0/s1. The highest BCUT2D eigenvalue weighted by atomic mass is 32.2. The molecule has 0 aromatic heterocycles. The molecule has 7 atom stereocenters. The van der Waals surface area contributed by atoms with Crippen LogP contribution in [0.25, 0.3) is 0 Å². The number of hydrogen-bond acceptors (Lipinski definition) is 13. The van der Waals surface area contributed by atoms with Crippen molar-refractivity contribution in [3.8, 4) is 0 Å². The minimum atomic E-state index is -1.78. The van der Waals surface area contributed by atoms with Crippen molar-refractivity contribution >= 4 is 47.5 Å². The van der Waals surface area contributed by atoms with Gasteiger partial charge in [0.15, 0.2) is 12.2 Å². The Balaban J connectivity index is 3.80. The molecule has 0 aromatic rings. The van der Waals surface area contributed by atoms with Gasteiger partial charge in [-0.25, -0.2) is 4.79 Å². The highest BCUT2D eigenvalue weighted by Crippen LogP contribution is 2.45. The normalized spacial score (nSPS) is 24.1. The summed E-state index contributed by atoms with van der Waals surface area (Å²) < 4.78 is 33.2. The first kappa shape index (κ1) is 36.2. The molecule has 1 amide bonds. The zero-order valence-electron chi connectivity index (χ0n) is 25.0. The van der Waals surface area contributed by atoms with Crippen LogP contribution in [0.2, 0.25) is 0 Å². The largest absolute Gasteiger partial charge is 0.466 e. The van der Waals surface area contributed by atoms with Crippen LogP contribution in [0, 0.1) is 0 Å². The van der Waals surface area contributed by atoms with Gasteiger partial charge in [-0.1, -0.05) is 33.1 Å². The molecule has 14 heteroatoms. The fourth-order valence-corrected chi connectivity index (χ4v) is 6.13. The van der Waals surface area contributed by atoms with Crippen molar-refractivity contribution in [2.45, 2.75) is 121 Å². The number of unbranched alkanes of at least 4 members (excludes halogenated alkanes) is 2. The van der Waals surface area contributed by atoms with E-state index >= 15 is 0 Å². The zero-order chi connectivity index (χ0) is 31.3. The molecule has 0 radical (unpaired) electrons. The lowest BCUT2D eigenvalue weighted by atomic mass is 9.89. The van der Waals surface area contributed by atoms with Gasteiger partial charge in [0.05, 0.1) is 13.2 Å². The second kappa shape index (κ2) is 17.2. The van der Waals surface area contributed by atoms with Gasteiger partial charge in [-0.3, -0.25) is 24.0 Å². The zero-order valence-corrected chi connectivity index (χ0v) is 25.8. The SMILES string of the molecule is CCCCCC(C)S[C@]1(C(=O)OC)C[C@H](OC(C)=O)[C@@H](NC(C)=O)[C@H]([C@H](OC(C)=O)[C@@H](COC(C)=O)OC(C)=O)O1. The van der Waals surface area contributed by atoms with E-state index in [0.29, 0.717) is 0 Å². The summed E-state index contributed by atoms with van der Waals surface area (Å²) in [4.78, 5) is 72.1. The quantitative estimate of drug-likeness (QED) is 0.164. The molecule has 0 spiro atoms. The molecule has 1 unspecified atom stereocenters. The third-order valence-corrected chi connectivity index (χ3v) is 7.55. The number of rotatable bonds is 15. The summed E-state index contributed by atoms with van der Waals surface area (Å²) in [7, 11) is 1.18. The van der Waals surface area contributed by atoms with E-state index < -0.39 is 77.8 Å². The Morgan fingerprint density at radius 2 is 1.59 bits per heavy atom. The topological polar surface area (TPSA) is 170 Å². The molecule has 13 nitrogen and oxygen atoms in total. The monoisotopic (exact) mass is 605 g/mol. The van der Waals surface area contributed by atoms with E-state index in [1.807, 2.05) is 6.92 Å². The Hall–Kier alpha value is -2.87. The second-order valence-corrected chi connectivity index (χ2v) is 11.6. The van der Waals surface area contributed by atoms with E-state index in [0.717, 1.165) is 58.2 Å². The van der Waals surface area contributed by atoms with Crippen molar-refractivity contribution in [2.75, 3.05) is 13.7 Å². The van der Waals surface area contributed by atoms with Crippen LogP contribution in [-0.2, 0) is 57.2 Å². The van der Waals surface area contributed by atoms with Gasteiger partial charge in [0, 0.05) is 46.3 Å². The first-order valence-electron chi connectivity index (χ1n) is 13.5. The Morgan fingerprint density at radius 1 is 0.951 bits per heavy atom. The summed E-state index contributed by atoms with van der Waals surface area (Å²) in [6.45, 7) is 9.17. The van der Waals surface area contributed by atoms with E-state index in [2.05, 4.69) is 12.2 Å². The van der Waals surface area contributed by atoms with Crippen molar-refractivity contribution in [3.05, 3.63) is 0 Å². The number of esters is 5. The van der Waals surface area contributed by atoms with Gasteiger partial charge in [-0.05, 0) is 6.42 Å². The predicted octanol–water partition coefficient (Wildman–Crippen LogP) is 2.21. The molecule has 41 heavy (non-hydrogen) atoms. The number of thioether (sulfide) groups is 1. The third kappa shape index (κ3) is 11.9. The van der Waals surface area contributed by atoms with Crippen LogP contribution in [0.5, 0.6) is 0 Å². The summed E-state index contributed by atoms with van der Waals surface area (Å²) >= 11 is 1.15. The Morgan fingerprint density at radius 3 is 2.07 bits per heavy atom. The van der Waals surface area contributed by atoms with E-state index in [9.17, 15) is 28.8 Å². The van der Waals surface area contributed by atoms with E-state index in [-0.39, 0.29) is 11.7 Å². The molecule has 0 aliphatic carbocycles. The van der Waals surface area contributed by atoms with Gasteiger partial charge >= 0.3 is 29.8 Å². The Bertz CT molecular complexity index is 943. The predicted molar refractivity (Wildman–Crippen MR) is 146 cm³/mol. The van der Waals surface area contributed by atoms with E-state index in [1.165, 1.54) is 21.0 Å². The van der Waals surface area contributed by atoms with Crippen molar-refractivity contribution in [3.63, 3.8) is 0 Å². The number of amides is 1. The van der Waals surface area contributed by atoms with Gasteiger partial charge in [0.25, 0.3) is 0 Å². The highest BCUT2D eigenvalue weighted by Gasteiger charge is 2.59. The summed E-state index contributed by atoms with van der Waals surface area (Å²) in [6.07, 6.45) is -2.15. The first-order valence-corrected chi connectivity index (χ1v) is 14.4. The lowest BCUT2D eigenvalue weighted by Gasteiger charge is -2.49. The highest BCUT2D eigenvalue weighted by molar-refractivity contribution is 8.01. The average Bonchev–Trinajstić information content (AvgIpc) is 2.85. The van der Waals surface area contributed by atoms with Crippen LogP contribution in [-0.4, -0.2) is 90.1 Å². The number of nitrogens with one attached hydrogen (secondary N) is 1. The van der Waals surface area contributed by atoms with Crippen molar-refractivity contribution in [1.82, 2.24) is 5.32 Å². The molecule has 1 saturated heterocycles. The van der Waals surface area contributed by atoms with Crippen LogP contribution in [0.1, 0.15) is 80.6 Å². The summed E-state index contributed by atoms with van der Waals surface area (Å²) in [5.41, 5.74) is 0.